The molecule has 0 aliphatic rings. The first-order valence-electron chi connectivity index (χ1n) is 9.32. The predicted octanol–water partition coefficient (Wildman–Crippen LogP) is 7.60. The molecular formula is C22H37I. The van der Waals surface area contributed by atoms with Gasteiger partial charge >= 0.3 is 0 Å². The lowest BCUT2D eigenvalue weighted by molar-refractivity contribution is 0.313. The Kier molecular flexibility index (Phi) is 8.10. The first kappa shape index (κ1) is 21.0. The molecule has 0 N–H and O–H groups in total. The maximum Gasteiger partial charge on any atom is 0.0166 e. The van der Waals surface area contributed by atoms with E-state index < -0.39 is 0 Å². The molecule has 0 saturated heterocycles. The minimum absolute atomic E-state index is 0.423. The average molecular weight is 428 g/mol. The molecule has 1 aromatic rings. The quantitative estimate of drug-likeness (QED) is 0.281. The lowest BCUT2D eigenvalue weighted by Gasteiger charge is -2.22. The predicted molar refractivity (Wildman–Crippen MR) is 114 cm³/mol. The normalized spacial score (nSPS) is 12.7. The van der Waals surface area contributed by atoms with Crippen LogP contribution in [0.3, 0.4) is 0 Å². The van der Waals surface area contributed by atoms with Gasteiger partial charge in [-0.3, -0.25) is 0 Å². The highest BCUT2D eigenvalue weighted by Crippen LogP contribution is 2.29. The van der Waals surface area contributed by atoms with Crippen molar-refractivity contribution in [1.82, 2.24) is 0 Å². The van der Waals surface area contributed by atoms with Crippen molar-refractivity contribution in [3.63, 3.8) is 0 Å². The van der Waals surface area contributed by atoms with Gasteiger partial charge in [0.2, 0.25) is 0 Å². The molecule has 0 aromatic heterocycles. The van der Waals surface area contributed by atoms with Crippen molar-refractivity contribution >= 4 is 22.6 Å². The summed E-state index contributed by atoms with van der Waals surface area (Å²) in [5, 5.41) is 0. The summed E-state index contributed by atoms with van der Waals surface area (Å²) in [4.78, 5) is 0. The fraction of sp³-hybridized carbons (Fsp3) is 0.727. The minimum atomic E-state index is 0.423. The second-order valence-corrected chi connectivity index (χ2v) is 11.5. The first-order valence-corrected chi connectivity index (χ1v) is 10.4. The maximum absolute atomic E-state index is 2.56. The van der Waals surface area contributed by atoms with E-state index in [0.717, 1.165) is 0 Å². The van der Waals surface area contributed by atoms with Crippen molar-refractivity contribution in [3.8, 4) is 0 Å². The van der Waals surface area contributed by atoms with Gasteiger partial charge in [0.25, 0.3) is 0 Å². The smallest absolute Gasteiger partial charge is 0.0166 e. The Morgan fingerprint density at radius 2 is 1.26 bits per heavy atom. The topological polar surface area (TPSA) is 0 Å². The third-order valence-electron chi connectivity index (χ3n) is 5.49. The van der Waals surface area contributed by atoms with Crippen molar-refractivity contribution in [2.75, 3.05) is 0 Å². The van der Waals surface area contributed by atoms with Crippen LogP contribution in [0.2, 0.25) is 0 Å². The molecule has 0 heterocycles. The molecule has 0 atom stereocenters. The Balaban J connectivity index is 2.63. The van der Waals surface area contributed by atoms with Crippen molar-refractivity contribution in [1.29, 1.82) is 0 Å². The summed E-state index contributed by atoms with van der Waals surface area (Å²) in [7, 11) is 0. The van der Waals surface area contributed by atoms with Gasteiger partial charge in [0.1, 0.15) is 0 Å². The molecule has 1 heteroatoms. The van der Waals surface area contributed by atoms with Gasteiger partial charge < -0.3 is 0 Å². The summed E-state index contributed by atoms with van der Waals surface area (Å²) in [6.45, 7) is 16.4. The molecule has 0 aliphatic carbocycles. The molecule has 0 fully saturated rings. The Hall–Kier alpha value is -0.0500. The van der Waals surface area contributed by atoms with Crippen LogP contribution in [0.1, 0.15) is 89.0 Å². The van der Waals surface area contributed by atoms with Gasteiger partial charge in [0, 0.05) is 3.42 Å². The number of alkyl halides is 1. The number of benzene rings is 1. The fourth-order valence-corrected chi connectivity index (χ4v) is 3.49. The van der Waals surface area contributed by atoms with Crippen LogP contribution >= 0.6 is 22.6 Å². The van der Waals surface area contributed by atoms with Crippen LogP contribution in [-0.4, -0.2) is 3.42 Å². The van der Waals surface area contributed by atoms with Crippen molar-refractivity contribution in [2.24, 2.45) is 5.41 Å². The van der Waals surface area contributed by atoms with Crippen LogP contribution in [-0.2, 0) is 12.8 Å². The van der Waals surface area contributed by atoms with Crippen LogP contribution in [0.15, 0.2) is 12.1 Å². The third kappa shape index (κ3) is 7.58. The monoisotopic (exact) mass is 428 g/mol. The van der Waals surface area contributed by atoms with Crippen molar-refractivity contribution in [3.05, 3.63) is 34.4 Å². The SMILES string of the molecule is CCC(C)(C)CCCc1ccc(CCCC(C)(C)I)c(C)c1C. The standard InChI is InChI=1S/C22H37I/c1-8-21(4,5)15-9-11-19-13-14-20(18(3)17(19)2)12-10-16-22(6,7)23/h13-14H,8-12,15-16H2,1-7H3. The van der Waals surface area contributed by atoms with Crippen LogP contribution < -0.4 is 0 Å². The summed E-state index contributed by atoms with van der Waals surface area (Å²) in [5.41, 5.74) is 6.68. The maximum atomic E-state index is 2.56. The van der Waals surface area contributed by atoms with Gasteiger partial charge in [-0.05, 0) is 80.0 Å². The highest BCUT2D eigenvalue weighted by atomic mass is 127. The van der Waals surface area contributed by atoms with Gasteiger partial charge in [-0.15, -0.1) is 0 Å². The summed E-state index contributed by atoms with van der Waals surface area (Å²) in [6.07, 6.45) is 8.95. The zero-order valence-corrected chi connectivity index (χ0v) is 18.6. The summed E-state index contributed by atoms with van der Waals surface area (Å²) in [5.74, 6) is 0. The van der Waals surface area contributed by atoms with E-state index in [1.807, 2.05) is 0 Å². The van der Waals surface area contributed by atoms with Crippen molar-refractivity contribution < 1.29 is 0 Å². The first-order chi connectivity index (χ1) is 10.6. The fourth-order valence-electron chi connectivity index (χ4n) is 3.11. The lowest BCUT2D eigenvalue weighted by Crippen LogP contribution is -2.10. The number of hydrogen-bond donors (Lipinski definition) is 0. The molecule has 1 aromatic carbocycles. The molecule has 0 amide bonds. The van der Waals surface area contributed by atoms with Gasteiger partial charge in [0.05, 0.1) is 0 Å². The van der Waals surface area contributed by atoms with E-state index in [1.165, 1.54) is 56.1 Å². The Morgan fingerprint density at radius 1 is 0.826 bits per heavy atom. The second-order valence-electron chi connectivity index (χ2n) is 8.58. The number of rotatable bonds is 9. The molecule has 0 unspecified atom stereocenters. The van der Waals surface area contributed by atoms with Crippen LogP contribution in [0, 0.1) is 19.3 Å². The Bertz CT molecular complexity index is 491. The largest absolute Gasteiger partial charge is 0.0795 e. The van der Waals surface area contributed by atoms with Gasteiger partial charge in [-0.2, -0.15) is 0 Å². The molecule has 0 saturated carbocycles. The van der Waals surface area contributed by atoms with E-state index >= 15 is 0 Å². The molecule has 132 valence electrons. The Morgan fingerprint density at radius 3 is 1.65 bits per heavy atom. The van der Waals surface area contributed by atoms with Gasteiger partial charge in [-0.25, -0.2) is 0 Å². The summed E-state index contributed by atoms with van der Waals surface area (Å²) < 4.78 is 0.423. The zero-order chi connectivity index (χ0) is 17.7. The number of halogens is 1. The average Bonchev–Trinajstić information content (AvgIpc) is 2.44. The number of hydrogen-bond acceptors (Lipinski definition) is 0. The highest BCUT2D eigenvalue weighted by Gasteiger charge is 2.15. The molecule has 0 radical (unpaired) electrons. The van der Waals surface area contributed by atoms with E-state index in [1.54, 1.807) is 11.1 Å². The van der Waals surface area contributed by atoms with Crippen LogP contribution in [0.4, 0.5) is 0 Å². The van der Waals surface area contributed by atoms with E-state index in [4.69, 9.17) is 0 Å². The zero-order valence-electron chi connectivity index (χ0n) is 16.5. The lowest BCUT2D eigenvalue weighted by atomic mass is 9.83. The highest BCUT2D eigenvalue weighted by molar-refractivity contribution is 14.1. The Labute approximate surface area is 159 Å². The molecular weight excluding hydrogens is 391 g/mol. The minimum Gasteiger partial charge on any atom is -0.0795 e. The molecule has 0 spiro atoms. The molecule has 0 nitrogen and oxygen atoms in total. The van der Waals surface area contributed by atoms with Gasteiger partial charge in [0.15, 0.2) is 0 Å². The van der Waals surface area contributed by atoms with E-state index in [9.17, 15) is 0 Å². The molecule has 0 bridgehead atoms. The third-order valence-corrected chi connectivity index (χ3v) is 6.03. The van der Waals surface area contributed by atoms with E-state index in [2.05, 4.69) is 83.2 Å². The van der Waals surface area contributed by atoms with E-state index in [0.29, 0.717) is 8.84 Å². The number of aryl methyl sites for hydroxylation is 2. The van der Waals surface area contributed by atoms with Crippen LogP contribution in [0.5, 0.6) is 0 Å². The molecule has 1 rings (SSSR count). The molecule has 23 heavy (non-hydrogen) atoms. The summed E-state index contributed by atoms with van der Waals surface area (Å²) >= 11 is 2.56. The molecule has 0 aliphatic heterocycles. The van der Waals surface area contributed by atoms with Crippen molar-refractivity contribution in [2.45, 2.75) is 96.8 Å². The second kappa shape index (κ2) is 8.87. The van der Waals surface area contributed by atoms with Crippen LogP contribution in [0.25, 0.3) is 0 Å². The summed E-state index contributed by atoms with van der Waals surface area (Å²) in [6, 6.07) is 4.79. The van der Waals surface area contributed by atoms with E-state index in [-0.39, 0.29) is 0 Å². The van der Waals surface area contributed by atoms with Gasteiger partial charge in [-0.1, -0.05) is 75.8 Å².